The first-order valence-electron chi connectivity index (χ1n) is 6.31. The molecule has 2 unspecified atom stereocenters. The predicted octanol–water partition coefficient (Wildman–Crippen LogP) is 1.22. The van der Waals surface area contributed by atoms with E-state index in [2.05, 4.69) is 5.32 Å². The topological polar surface area (TPSA) is 92.4 Å². The van der Waals surface area contributed by atoms with Crippen molar-refractivity contribution in [2.75, 3.05) is 6.54 Å². The molecule has 5 nitrogen and oxygen atoms in total. The molecule has 0 aromatic rings. The van der Waals surface area contributed by atoms with E-state index in [0.29, 0.717) is 6.42 Å². The van der Waals surface area contributed by atoms with Crippen LogP contribution in [-0.4, -0.2) is 29.6 Å². The molecule has 0 heterocycles. The van der Waals surface area contributed by atoms with Crippen molar-refractivity contribution in [3.63, 3.8) is 0 Å². The van der Waals surface area contributed by atoms with Crippen LogP contribution in [0.2, 0.25) is 0 Å². The average Bonchev–Trinajstić information content (AvgIpc) is 2.19. The lowest BCUT2D eigenvalue weighted by atomic mass is 9.84. The number of amides is 1. The Morgan fingerprint density at radius 2 is 1.78 bits per heavy atom. The van der Waals surface area contributed by atoms with Crippen LogP contribution in [0.25, 0.3) is 0 Å². The third-order valence-corrected chi connectivity index (χ3v) is 2.74. The number of carbonyl (C=O) groups is 2. The Morgan fingerprint density at radius 1 is 1.28 bits per heavy atom. The quantitative estimate of drug-likeness (QED) is 0.668. The van der Waals surface area contributed by atoms with Gasteiger partial charge >= 0.3 is 5.97 Å². The lowest BCUT2D eigenvalue weighted by Gasteiger charge is -2.26. The molecule has 0 saturated carbocycles. The fraction of sp³-hybridized carbons (Fsp3) is 0.846. The molecule has 106 valence electrons. The van der Waals surface area contributed by atoms with Gasteiger partial charge in [-0.3, -0.25) is 4.79 Å². The first kappa shape index (κ1) is 16.9. The monoisotopic (exact) mass is 258 g/mol. The Balaban J connectivity index is 4.65. The highest BCUT2D eigenvalue weighted by atomic mass is 16.4. The Bertz CT molecular complexity index is 295. The van der Waals surface area contributed by atoms with Crippen LogP contribution >= 0.6 is 0 Å². The fourth-order valence-electron chi connectivity index (χ4n) is 1.81. The van der Waals surface area contributed by atoms with Crippen LogP contribution in [0.1, 0.15) is 41.0 Å². The molecule has 0 aliphatic carbocycles. The van der Waals surface area contributed by atoms with Crippen LogP contribution in [0.4, 0.5) is 0 Å². The van der Waals surface area contributed by atoms with Crippen LogP contribution in [0, 0.1) is 17.3 Å². The second-order valence-electron chi connectivity index (χ2n) is 6.27. The van der Waals surface area contributed by atoms with Crippen LogP contribution in [-0.2, 0) is 9.59 Å². The molecule has 5 heteroatoms. The third kappa shape index (κ3) is 6.00. The number of nitrogens with one attached hydrogen (secondary N) is 1. The number of hydrogen-bond acceptors (Lipinski definition) is 3. The highest BCUT2D eigenvalue weighted by Crippen LogP contribution is 2.24. The van der Waals surface area contributed by atoms with Gasteiger partial charge in [0.25, 0.3) is 0 Å². The Kier molecular flexibility index (Phi) is 6.32. The van der Waals surface area contributed by atoms with E-state index in [1.54, 1.807) is 13.8 Å². The zero-order chi connectivity index (χ0) is 14.5. The molecule has 0 rings (SSSR count). The van der Waals surface area contributed by atoms with E-state index in [-0.39, 0.29) is 29.7 Å². The molecular formula is C13H26N2O3. The minimum Gasteiger partial charge on any atom is -0.480 e. The third-order valence-electron chi connectivity index (χ3n) is 2.74. The van der Waals surface area contributed by atoms with E-state index in [1.165, 1.54) is 0 Å². The summed E-state index contributed by atoms with van der Waals surface area (Å²) in [6, 6.07) is -0.855. The summed E-state index contributed by atoms with van der Waals surface area (Å²) in [5.74, 6) is -1.77. The average molecular weight is 258 g/mol. The molecule has 0 aliphatic heterocycles. The van der Waals surface area contributed by atoms with Gasteiger partial charge in [0.2, 0.25) is 5.91 Å². The highest BCUT2D eigenvalue weighted by Gasteiger charge is 2.29. The van der Waals surface area contributed by atoms with Crippen molar-refractivity contribution in [2.24, 2.45) is 23.0 Å². The van der Waals surface area contributed by atoms with Crippen molar-refractivity contribution in [3.05, 3.63) is 0 Å². The second kappa shape index (κ2) is 6.73. The zero-order valence-electron chi connectivity index (χ0n) is 12.0. The summed E-state index contributed by atoms with van der Waals surface area (Å²) in [5.41, 5.74) is 5.58. The van der Waals surface area contributed by atoms with Gasteiger partial charge in [-0.2, -0.15) is 0 Å². The lowest BCUT2D eigenvalue weighted by Crippen LogP contribution is -2.48. The SMILES string of the molecule is CC(C)C(NC(=O)C(CN)CC(C)(C)C)C(=O)O. The number of hydrogen-bond donors (Lipinski definition) is 3. The van der Waals surface area contributed by atoms with Crippen molar-refractivity contribution in [2.45, 2.75) is 47.1 Å². The summed E-state index contributed by atoms with van der Waals surface area (Å²) < 4.78 is 0. The molecule has 0 spiro atoms. The van der Waals surface area contributed by atoms with Gasteiger partial charge in [0.05, 0.1) is 5.92 Å². The first-order chi connectivity index (χ1) is 8.08. The number of nitrogens with two attached hydrogens (primary N) is 1. The summed E-state index contributed by atoms with van der Waals surface area (Å²) in [7, 11) is 0. The molecule has 2 atom stereocenters. The molecular weight excluding hydrogens is 232 g/mol. The standard InChI is InChI=1S/C13H26N2O3/c1-8(2)10(12(17)18)15-11(16)9(7-14)6-13(3,4)5/h8-10H,6-7,14H2,1-5H3,(H,15,16)(H,17,18). The minimum absolute atomic E-state index is 0.0159. The van der Waals surface area contributed by atoms with Crippen molar-refractivity contribution in [3.8, 4) is 0 Å². The van der Waals surface area contributed by atoms with Gasteiger partial charge in [0.15, 0.2) is 0 Å². The normalized spacial score (nSPS) is 15.3. The van der Waals surface area contributed by atoms with Gasteiger partial charge in [-0.15, -0.1) is 0 Å². The molecule has 0 aliphatic rings. The van der Waals surface area contributed by atoms with Crippen molar-refractivity contribution in [1.29, 1.82) is 0 Å². The van der Waals surface area contributed by atoms with Crippen molar-refractivity contribution < 1.29 is 14.7 Å². The minimum atomic E-state index is -1.01. The molecule has 0 aromatic heterocycles. The molecule has 0 saturated heterocycles. The summed E-state index contributed by atoms with van der Waals surface area (Å²) in [5, 5.41) is 11.6. The largest absolute Gasteiger partial charge is 0.480 e. The van der Waals surface area contributed by atoms with E-state index in [4.69, 9.17) is 10.8 Å². The lowest BCUT2D eigenvalue weighted by molar-refractivity contribution is -0.143. The molecule has 0 fully saturated rings. The highest BCUT2D eigenvalue weighted by molar-refractivity contribution is 5.85. The van der Waals surface area contributed by atoms with Crippen LogP contribution in [0.15, 0.2) is 0 Å². The molecule has 0 radical (unpaired) electrons. The first-order valence-corrected chi connectivity index (χ1v) is 6.31. The van der Waals surface area contributed by atoms with Crippen LogP contribution < -0.4 is 11.1 Å². The van der Waals surface area contributed by atoms with Crippen molar-refractivity contribution >= 4 is 11.9 Å². The second-order valence-corrected chi connectivity index (χ2v) is 6.27. The number of aliphatic carboxylic acids is 1. The maximum atomic E-state index is 12.0. The molecule has 4 N–H and O–H groups in total. The summed E-state index contributed by atoms with van der Waals surface area (Å²) >= 11 is 0. The molecule has 0 bridgehead atoms. The summed E-state index contributed by atoms with van der Waals surface area (Å²) in [4.78, 5) is 23.0. The Hall–Kier alpha value is -1.10. The molecule has 1 amide bonds. The van der Waals surface area contributed by atoms with E-state index >= 15 is 0 Å². The fourth-order valence-corrected chi connectivity index (χ4v) is 1.81. The smallest absolute Gasteiger partial charge is 0.326 e. The molecule has 0 aromatic carbocycles. The van der Waals surface area contributed by atoms with E-state index < -0.39 is 12.0 Å². The summed E-state index contributed by atoms with van der Waals surface area (Å²) in [6.07, 6.45) is 0.639. The number of rotatable bonds is 6. The Morgan fingerprint density at radius 3 is 2.06 bits per heavy atom. The maximum Gasteiger partial charge on any atom is 0.326 e. The van der Waals surface area contributed by atoms with Gasteiger partial charge in [-0.1, -0.05) is 34.6 Å². The maximum absolute atomic E-state index is 12.0. The number of carboxylic acids is 1. The van der Waals surface area contributed by atoms with Gasteiger partial charge < -0.3 is 16.2 Å². The summed E-state index contributed by atoms with van der Waals surface area (Å²) in [6.45, 7) is 9.84. The van der Waals surface area contributed by atoms with Gasteiger partial charge in [0, 0.05) is 6.54 Å². The van der Waals surface area contributed by atoms with Gasteiger partial charge in [-0.25, -0.2) is 4.79 Å². The van der Waals surface area contributed by atoms with Crippen LogP contribution in [0.3, 0.4) is 0 Å². The van der Waals surface area contributed by atoms with E-state index in [9.17, 15) is 9.59 Å². The predicted molar refractivity (Wildman–Crippen MR) is 71.0 cm³/mol. The van der Waals surface area contributed by atoms with E-state index in [1.807, 2.05) is 20.8 Å². The van der Waals surface area contributed by atoms with Gasteiger partial charge in [-0.05, 0) is 17.8 Å². The number of carbonyl (C=O) groups excluding carboxylic acids is 1. The van der Waals surface area contributed by atoms with Crippen molar-refractivity contribution in [1.82, 2.24) is 5.32 Å². The van der Waals surface area contributed by atoms with Crippen LogP contribution in [0.5, 0.6) is 0 Å². The zero-order valence-corrected chi connectivity index (χ0v) is 12.0. The molecule has 18 heavy (non-hydrogen) atoms. The van der Waals surface area contributed by atoms with Gasteiger partial charge in [0.1, 0.15) is 6.04 Å². The Labute approximate surface area is 109 Å². The number of carboxylic acid groups (broad SMARTS) is 1. The van der Waals surface area contributed by atoms with E-state index in [0.717, 1.165) is 0 Å².